The summed E-state index contributed by atoms with van der Waals surface area (Å²) in [4.78, 5) is 13.9. The number of methoxy groups -OCH3 is 1. The van der Waals surface area contributed by atoms with Gasteiger partial charge in [-0.25, -0.2) is 4.39 Å². The molecule has 0 aliphatic carbocycles. The molecule has 21 heavy (non-hydrogen) atoms. The van der Waals surface area contributed by atoms with Gasteiger partial charge in [-0.1, -0.05) is 12.1 Å². The second kappa shape index (κ2) is 5.71. The van der Waals surface area contributed by atoms with Crippen molar-refractivity contribution in [2.24, 2.45) is 0 Å². The van der Waals surface area contributed by atoms with Crippen LogP contribution in [0.1, 0.15) is 18.2 Å². The van der Waals surface area contributed by atoms with Crippen molar-refractivity contribution in [1.82, 2.24) is 10.2 Å². The van der Waals surface area contributed by atoms with Crippen LogP contribution in [0.25, 0.3) is 0 Å². The number of nitrogens with zero attached hydrogens (tertiary/aromatic N) is 1. The molecule has 0 bridgehead atoms. The van der Waals surface area contributed by atoms with E-state index < -0.39 is 5.60 Å². The van der Waals surface area contributed by atoms with E-state index in [9.17, 15) is 9.18 Å². The quantitative estimate of drug-likeness (QED) is 0.902. The fourth-order valence-electron chi connectivity index (χ4n) is 2.94. The van der Waals surface area contributed by atoms with Crippen molar-refractivity contribution in [3.8, 4) is 0 Å². The van der Waals surface area contributed by atoms with Crippen LogP contribution in [0.4, 0.5) is 4.39 Å². The SMILES string of the molecule is COC1(CN2C(=O)CNC2c2cccc(F)c2)CCOC1. The topological polar surface area (TPSA) is 50.8 Å². The summed E-state index contributed by atoms with van der Waals surface area (Å²) in [7, 11) is 1.64. The molecule has 2 heterocycles. The molecule has 1 N–H and O–H groups in total. The summed E-state index contributed by atoms with van der Waals surface area (Å²) in [6, 6.07) is 6.31. The van der Waals surface area contributed by atoms with Crippen LogP contribution in [0.15, 0.2) is 24.3 Å². The first-order valence-corrected chi connectivity index (χ1v) is 7.05. The number of benzene rings is 1. The number of halogens is 1. The first kappa shape index (κ1) is 14.4. The summed E-state index contributed by atoms with van der Waals surface area (Å²) in [6.45, 7) is 1.80. The van der Waals surface area contributed by atoms with Gasteiger partial charge in [0.15, 0.2) is 0 Å². The predicted molar refractivity (Wildman–Crippen MR) is 74.0 cm³/mol. The zero-order valence-electron chi connectivity index (χ0n) is 12.0. The number of amides is 1. The lowest BCUT2D eigenvalue weighted by Crippen LogP contribution is -2.47. The Morgan fingerprint density at radius 2 is 2.43 bits per heavy atom. The third kappa shape index (κ3) is 2.79. The third-order valence-electron chi connectivity index (χ3n) is 4.20. The van der Waals surface area contributed by atoms with Crippen LogP contribution >= 0.6 is 0 Å². The Balaban J connectivity index is 1.83. The maximum Gasteiger partial charge on any atom is 0.238 e. The van der Waals surface area contributed by atoms with Gasteiger partial charge in [-0.15, -0.1) is 0 Å². The largest absolute Gasteiger partial charge is 0.378 e. The minimum atomic E-state index is -0.465. The smallest absolute Gasteiger partial charge is 0.238 e. The van der Waals surface area contributed by atoms with Crippen LogP contribution in [0, 0.1) is 5.82 Å². The number of rotatable bonds is 4. The van der Waals surface area contributed by atoms with E-state index in [1.54, 1.807) is 18.1 Å². The van der Waals surface area contributed by atoms with Crippen molar-refractivity contribution >= 4 is 5.91 Å². The molecule has 114 valence electrons. The molecule has 0 spiro atoms. The highest BCUT2D eigenvalue weighted by Gasteiger charge is 2.42. The highest BCUT2D eigenvalue weighted by Crippen LogP contribution is 2.30. The van der Waals surface area contributed by atoms with Crippen molar-refractivity contribution in [2.45, 2.75) is 18.2 Å². The molecular formula is C15H19FN2O3. The predicted octanol–water partition coefficient (Wildman–Crippen LogP) is 1.06. The molecule has 2 unspecified atom stereocenters. The molecule has 1 aromatic carbocycles. The second-order valence-corrected chi connectivity index (χ2v) is 5.55. The summed E-state index contributed by atoms with van der Waals surface area (Å²) in [5.74, 6) is -0.313. The Hall–Kier alpha value is -1.50. The molecule has 2 aliphatic rings. The lowest BCUT2D eigenvalue weighted by atomic mass is 10.0. The van der Waals surface area contributed by atoms with E-state index in [0.29, 0.717) is 19.8 Å². The minimum absolute atomic E-state index is 0.00686. The molecular weight excluding hydrogens is 275 g/mol. The minimum Gasteiger partial charge on any atom is -0.378 e. The lowest BCUT2D eigenvalue weighted by molar-refractivity contribution is -0.133. The van der Waals surface area contributed by atoms with E-state index in [-0.39, 0.29) is 24.4 Å². The van der Waals surface area contributed by atoms with Gasteiger partial charge in [-0.2, -0.15) is 0 Å². The van der Waals surface area contributed by atoms with E-state index in [1.165, 1.54) is 12.1 Å². The van der Waals surface area contributed by atoms with Crippen molar-refractivity contribution in [3.63, 3.8) is 0 Å². The van der Waals surface area contributed by atoms with Gasteiger partial charge in [0.2, 0.25) is 5.91 Å². The number of carbonyl (C=O) groups excluding carboxylic acids is 1. The van der Waals surface area contributed by atoms with Crippen molar-refractivity contribution in [3.05, 3.63) is 35.6 Å². The van der Waals surface area contributed by atoms with Crippen LogP contribution in [0.2, 0.25) is 0 Å². The Labute approximate surface area is 123 Å². The van der Waals surface area contributed by atoms with Crippen molar-refractivity contribution in [1.29, 1.82) is 0 Å². The van der Waals surface area contributed by atoms with Gasteiger partial charge in [-0.05, 0) is 17.7 Å². The van der Waals surface area contributed by atoms with Crippen LogP contribution in [0.3, 0.4) is 0 Å². The number of hydrogen-bond donors (Lipinski definition) is 1. The summed E-state index contributed by atoms with van der Waals surface area (Å²) < 4.78 is 24.4. The molecule has 1 amide bonds. The van der Waals surface area contributed by atoms with Gasteiger partial charge < -0.3 is 14.4 Å². The van der Waals surface area contributed by atoms with E-state index in [1.807, 2.05) is 6.07 Å². The molecule has 2 atom stereocenters. The summed E-state index contributed by atoms with van der Waals surface area (Å²) >= 11 is 0. The van der Waals surface area contributed by atoms with Crippen LogP contribution < -0.4 is 5.32 Å². The first-order chi connectivity index (χ1) is 10.1. The average molecular weight is 294 g/mol. The van der Waals surface area contributed by atoms with Crippen LogP contribution in [-0.2, 0) is 14.3 Å². The molecule has 2 aliphatic heterocycles. The Morgan fingerprint density at radius 1 is 1.57 bits per heavy atom. The molecule has 1 aromatic rings. The summed E-state index contributed by atoms with van der Waals surface area (Å²) in [5, 5.41) is 3.13. The molecule has 2 fully saturated rings. The van der Waals surface area contributed by atoms with E-state index >= 15 is 0 Å². The van der Waals surface area contributed by atoms with Crippen molar-refractivity contribution < 1.29 is 18.7 Å². The molecule has 6 heteroatoms. The van der Waals surface area contributed by atoms with Gasteiger partial charge in [0.1, 0.15) is 17.6 Å². The Kier molecular flexibility index (Phi) is 3.93. The van der Waals surface area contributed by atoms with Crippen molar-refractivity contribution in [2.75, 3.05) is 33.4 Å². The van der Waals surface area contributed by atoms with E-state index in [2.05, 4.69) is 5.32 Å². The van der Waals surface area contributed by atoms with Gasteiger partial charge in [0.25, 0.3) is 0 Å². The molecule has 0 aromatic heterocycles. The van der Waals surface area contributed by atoms with E-state index in [4.69, 9.17) is 9.47 Å². The second-order valence-electron chi connectivity index (χ2n) is 5.55. The lowest BCUT2D eigenvalue weighted by Gasteiger charge is -2.34. The Morgan fingerprint density at radius 3 is 3.10 bits per heavy atom. The van der Waals surface area contributed by atoms with Gasteiger partial charge >= 0.3 is 0 Å². The fraction of sp³-hybridized carbons (Fsp3) is 0.533. The normalized spacial score (nSPS) is 29.3. The van der Waals surface area contributed by atoms with Crippen LogP contribution in [-0.4, -0.2) is 49.8 Å². The highest BCUT2D eigenvalue weighted by atomic mass is 19.1. The molecule has 3 rings (SSSR count). The van der Waals surface area contributed by atoms with E-state index in [0.717, 1.165) is 12.0 Å². The zero-order chi connectivity index (χ0) is 14.9. The molecule has 5 nitrogen and oxygen atoms in total. The fourth-order valence-corrected chi connectivity index (χ4v) is 2.94. The molecule has 2 saturated heterocycles. The maximum atomic E-state index is 13.4. The zero-order valence-corrected chi connectivity index (χ0v) is 12.0. The summed E-state index contributed by atoms with van der Waals surface area (Å²) in [5.41, 5.74) is 0.277. The van der Waals surface area contributed by atoms with Crippen LogP contribution in [0.5, 0.6) is 0 Å². The molecule has 0 radical (unpaired) electrons. The number of carbonyl (C=O) groups is 1. The Bertz CT molecular complexity index is 531. The highest BCUT2D eigenvalue weighted by molar-refractivity contribution is 5.81. The number of hydrogen-bond acceptors (Lipinski definition) is 4. The number of nitrogens with one attached hydrogen (secondary N) is 1. The number of ether oxygens (including phenoxy) is 2. The summed E-state index contributed by atoms with van der Waals surface area (Å²) in [6.07, 6.45) is 0.434. The molecule has 0 saturated carbocycles. The van der Waals surface area contributed by atoms with Gasteiger partial charge in [-0.3, -0.25) is 10.1 Å². The van der Waals surface area contributed by atoms with Gasteiger partial charge in [0, 0.05) is 20.1 Å². The first-order valence-electron chi connectivity index (χ1n) is 7.05. The van der Waals surface area contributed by atoms with Gasteiger partial charge in [0.05, 0.1) is 19.7 Å². The standard InChI is InChI=1S/C15H19FN2O3/c1-20-15(5-6-21-10-15)9-18-13(19)8-17-14(18)11-3-2-4-12(16)7-11/h2-4,7,14,17H,5-6,8-10H2,1H3. The third-order valence-corrected chi connectivity index (χ3v) is 4.20. The average Bonchev–Trinajstić information content (AvgIpc) is 3.08. The monoisotopic (exact) mass is 294 g/mol. The maximum absolute atomic E-state index is 13.4.